The Balaban J connectivity index is 0.000000454. The number of aliphatic carboxylic acids is 1. The number of H-pyrrole nitrogens is 1. The Bertz CT molecular complexity index is 1550. The molecule has 1 aromatic carbocycles. The molecule has 36 heavy (non-hydrogen) atoms. The SMILES string of the molecule is O=C(O)C(F)(F)F.[C-]#[N+]c1cc(Cl)cc(Oc2c(Cl)ccn(Cc3[nH]nc4nc(N)ccc34)c2=O)c1. The van der Waals surface area contributed by atoms with Crippen LogP contribution in [0.25, 0.3) is 15.9 Å². The number of hydrogen-bond acceptors (Lipinski definition) is 6. The first kappa shape index (κ1) is 26.3. The van der Waals surface area contributed by atoms with E-state index in [1.54, 1.807) is 24.4 Å². The van der Waals surface area contributed by atoms with E-state index in [1.807, 2.05) is 0 Å². The predicted molar refractivity (Wildman–Crippen MR) is 125 cm³/mol. The minimum Gasteiger partial charge on any atom is -0.475 e. The first-order valence-electron chi connectivity index (χ1n) is 9.53. The second-order valence-electron chi connectivity index (χ2n) is 6.90. The van der Waals surface area contributed by atoms with E-state index in [0.29, 0.717) is 22.2 Å². The zero-order chi connectivity index (χ0) is 26.6. The topological polar surface area (TPSA) is 140 Å². The zero-order valence-electron chi connectivity index (χ0n) is 17.7. The summed E-state index contributed by atoms with van der Waals surface area (Å²) in [5, 5.41) is 15.3. The number of fused-ring (bicyclic) bond motifs is 1. The molecule has 0 aliphatic rings. The number of anilines is 1. The van der Waals surface area contributed by atoms with E-state index >= 15 is 0 Å². The van der Waals surface area contributed by atoms with E-state index in [4.69, 9.17) is 50.1 Å². The van der Waals surface area contributed by atoms with Gasteiger partial charge in [-0.1, -0.05) is 23.2 Å². The van der Waals surface area contributed by atoms with Crippen molar-refractivity contribution in [3.05, 3.63) is 80.1 Å². The van der Waals surface area contributed by atoms with Crippen LogP contribution in [0.3, 0.4) is 0 Å². The number of rotatable bonds is 4. The molecule has 186 valence electrons. The largest absolute Gasteiger partial charge is 0.490 e. The maximum Gasteiger partial charge on any atom is 0.490 e. The van der Waals surface area contributed by atoms with Gasteiger partial charge in [-0.25, -0.2) is 14.6 Å². The van der Waals surface area contributed by atoms with Crippen molar-refractivity contribution in [2.45, 2.75) is 12.7 Å². The van der Waals surface area contributed by atoms with Crippen molar-refractivity contribution >= 4 is 51.7 Å². The quantitative estimate of drug-likeness (QED) is 0.308. The van der Waals surface area contributed by atoms with Crippen molar-refractivity contribution in [1.29, 1.82) is 0 Å². The van der Waals surface area contributed by atoms with Crippen molar-refractivity contribution < 1.29 is 27.8 Å². The molecule has 0 bridgehead atoms. The monoisotopic (exact) mass is 540 g/mol. The minimum atomic E-state index is -5.08. The van der Waals surface area contributed by atoms with Crippen molar-refractivity contribution in [1.82, 2.24) is 19.7 Å². The molecule has 0 atom stereocenters. The summed E-state index contributed by atoms with van der Waals surface area (Å²) < 4.78 is 38.8. The number of nitrogens with zero attached hydrogens (tertiary/aromatic N) is 4. The molecule has 0 unspecified atom stereocenters. The number of hydrogen-bond donors (Lipinski definition) is 3. The summed E-state index contributed by atoms with van der Waals surface area (Å²) in [7, 11) is 0. The highest BCUT2D eigenvalue weighted by atomic mass is 35.5. The minimum absolute atomic E-state index is 0.0708. The summed E-state index contributed by atoms with van der Waals surface area (Å²) in [6, 6.07) is 9.47. The Kier molecular flexibility index (Phi) is 7.71. The third-order valence-corrected chi connectivity index (χ3v) is 4.88. The van der Waals surface area contributed by atoms with Gasteiger partial charge < -0.3 is 20.1 Å². The molecular weight excluding hydrogens is 528 g/mol. The highest BCUT2D eigenvalue weighted by Crippen LogP contribution is 2.31. The van der Waals surface area contributed by atoms with Gasteiger partial charge in [-0.2, -0.15) is 18.3 Å². The van der Waals surface area contributed by atoms with Crippen molar-refractivity contribution in [3.8, 4) is 11.5 Å². The number of benzene rings is 1. The van der Waals surface area contributed by atoms with Crippen LogP contribution < -0.4 is 16.0 Å². The molecule has 0 fully saturated rings. The van der Waals surface area contributed by atoms with E-state index in [0.717, 1.165) is 5.39 Å². The van der Waals surface area contributed by atoms with Crippen LogP contribution in [0.2, 0.25) is 10.0 Å². The molecule has 0 amide bonds. The summed E-state index contributed by atoms with van der Waals surface area (Å²) >= 11 is 12.2. The predicted octanol–water partition coefficient (Wildman–Crippen LogP) is 5.03. The fraction of sp³-hybridized carbons (Fsp3) is 0.0952. The van der Waals surface area contributed by atoms with Crippen molar-refractivity contribution in [3.63, 3.8) is 0 Å². The second kappa shape index (κ2) is 10.5. The molecule has 15 heteroatoms. The van der Waals surface area contributed by atoms with Crippen LogP contribution >= 0.6 is 23.2 Å². The first-order valence-corrected chi connectivity index (χ1v) is 10.3. The number of carbonyl (C=O) groups is 1. The number of nitrogens with one attached hydrogen (secondary N) is 1. The summed E-state index contributed by atoms with van der Waals surface area (Å²) in [5.41, 5.74) is 6.65. The molecule has 10 nitrogen and oxygen atoms in total. The van der Waals surface area contributed by atoms with Gasteiger partial charge in [0.25, 0.3) is 5.56 Å². The third kappa shape index (κ3) is 6.23. The van der Waals surface area contributed by atoms with Gasteiger partial charge in [-0.3, -0.25) is 9.89 Å². The lowest BCUT2D eigenvalue weighted by molar-refractivity contribution is -0.192. The Morgan fingerprint density at radius 3 is 2.58 bits per heavy atom. The van der Waals surface area contributed by atoms with Gasteiger partial charge in [0.1, 0.15) is 11.6 Å². The van der Waals surface area contributed by atoms with Crippen LogP contribution in [0.5, 0.6) is 11.5 Å². The van der Waals surface area contributed by atoms with Crippen molar-refractivity contribution in [2.24, 2.45) is 0 Å². The molecule has 4 N–H and O–H groups in total. The van der Waals surface area contributed by atoms with Crippen LogP contribution in [-0.2, 0) is 11.3 Å². The molecule has 4 aromatic rings. The van der Waals surface area contributed by atoms with E-state index in [2.05, 4.69) is 20.0 Å². The number of nitrogens with two attached hydrogens (primary N) is 1. The normalized spacial score (nSPS) is 10.9. The smallest absolute Gasteiger partial charge is 0.475 e. The molecule has 0 saturated heterocycles. The average molecular weight is 541 g/mol. The summed E-state index contributed by atoms with van der Waals surface area (Å²) in [5.74, 6) is -2.23. The number of nitrogen functional groups attached to an aromatic ring is 1. The number of alkyl halides is 3. The van der Waals surface area contributed by atoms with Crippen LogP contribution in [0, 0.1) is 6.57 Å². The lowest BCUT2D eigenvalue weighted by Crippen LogP contribution is -2.21. The van der Waals surface area contributed by atoms with E-state index in [1.165, 1.54) is 22.8 Å². The lowest BCUT2D eigenvalue weighted by Gasteiger charge is -2.11. The number of halogens is 5. The van der Waals surface area contributed by atoms with Gasteiger partial charge in [-0.15, -0.1) is 0 Å². The molecule has 0 spiro atoms. The molecule has 0 saturated carbocycles. The third-order valence-electron chi connectivity index (χ3n) is 4.37. The van der Waals surface area contributed by atoms with Gasteiger partial charge >= 0.3 is 12.1 Å². The molecule has 0 aliphatic heterocycles. The highest BCUT2D eigenvalue weighted by Gasteiger charge is 2.38. The molecule has 3 heterocycles. The van der Waals surface area contributed by atoms with Gasteiger partial charge in [0.2, 0.25) is 5.75 Å². The highest BCUT2D eigenvalue weighted by molar-refractivity contribution is 6.32. The Labute approximate surface area is 209 Å². The Morgan fingerprint density at radius 1 is 1.25 bits per heavy atom. The van der Waals surface area contributed by atoms with E-state index in [9.17, 15) is 18.0 Å². The van der Waals surface area contributed by atoms with Gasteiger partial charge in [0.15, 0.2) is 11.3 Å². The van der Waals surface area contributed by atoms with Crippen LogP contribution in [-0.4, -0.2) is 37.0 Å². The van der Waals surface area contributed by atoms with E-state index in [-0.39, 0.29) is 28.8 Å². The zero-order valence-corrected chi connectivity index (χ0v) is 19.2. The van der Waals surface area contributed by atoms with Gasteiger partial charge in [0, 0.05) is 16.6 Å². The number of ether oxygens (including phenoxy) is 1. The number of carboxylic acids is 1. The molecule has 4 rings (SSSR count). The number of pyridine rings is 2. The standard InChI is InChI=1S/C19H12Cl2N6O2.C2HF3O2/c1-23-11-6-10(20)7-12(8-11)29-17-14(21)4-5-27(19(17)28)9-15-13-2-3-16(22)24-18(13)26-25-15;3-2(4,5)1(6)7/h2-8H,9H2,(H3,22,24,25,26);(H,6,7). The second-order valence-corrected chi connectivity index (χ2v) is 7.74. The molecular formula is C21H13Cl2F3N6O4. The fourth-order valence-electron chi connectivity index (χ4n) is 2.79. The summed E-state index contributed by atoms with van der Waals surface area (Å²) in [6.45, 7) is 7.31. The molecule has 0 radical (unpaired) electrons. The van der Waals surface area contributed by atoms with Gasteiger partial charge in [0.05, 0.1) is 23.8 Å². The number of aromatic nitrogens is 4. The van der Waals surface area contributed by atoms with Crippen molar-refractivity contribution in [2.75, 3.05) is 5.73 Å². The average Bonchev–Trinajstić information content (AvgIpc) is 3.19. The number of carboxylic acid groups (broad SMARTS) is 1. The fourth-order valence-corrected chi connectivity index (χ4v) is 3.19. The maximum atomic E-state index is 12.9. The lowest BCUT2D eigenvalue weighted by atomic mass is 10.2. The molecule has 0 aliphatic carbocycles. The maximum absolute atomic E-state index is 12.9. The Morgan fingerprint density at radius 2 is 1.94 bits per heavy atom. The molecule has 3 aromatic heterocycles. The van der Waals surface area contributed by atoms with Crippen LogP contribution in [0.4, 0.5) is 24.7 Å². The van der Waals surface area contributed by atoms with Crippen LogP contribution in [0.15, 0.2) is 47.4 Å². The number of aromatic amines is 1. The first-order chi connectivity index (χ1) is 16.9. The van der Waals surface area contributed by atoms with E-state index < -0.39 is 17.7 Å². The van der Waals surface area contributed by atoms with Crippen LogP contribution in [0.1, 0.15) is 5.69 Å². The summed E-state index contributed by atoms with van der Waals surface area (Å²) in [6.07, 6.45) is -3.53. The summed E-state index contributed by atoms with van der Waals surface area (Å²) in [4.78, 5) is 29.3. The Hall–Kier alpha value is -4.28. The van der Waals surface area contributed by atoms with Gasteiger partial charge in [-0.05, 0) is 36.4 Å².